The molecule has 18 heavy (non-hydrogen) atoms. The Morgan fingerprint density at radius 3 is 2.83 bits per heavy atom. The van der Waals surface area contributed by atoms with Crippen LogP contribution < -0.4 is 0 Å². The lowest BCUT2D eigenvalue weighted by Crippen LogP contribution is -2.19. The largest absolute Gasteiger partial charge is 0.293 e. The first-order valence-electron chi connectivity index (χ1n) is 6.42. The van der Waals surface area contributed by atoms with E-state index >= 15 is 0 Å². The number of hydrogen-bond donors (Lipinski definition) is 0. The second-order valence-corrected chi connectivity index (χ2v) is 4.70. The second kappa shape index (κ2) is 4.09. The number of rotatable bonds is 1. The molecule has 0 fully saturated rings. The Kier molecular flexibility index (Phi) is 2.54. The van der Waals surface area contributed by atoms with Gasteiger partial charge in [0.2, 0.25) is 5.91 Å². The molecule has 1 heterocycles. The molecule has 0 amide bonds. The standard InChI is InChI=1S/C15H15NO2/c1-2-14(18)16-12-8-4-3-6-10(12)11-7-5-9-13(17)15(11)16/h3-4,6,8H,2,5,7,9H2,1H3. The zero-order valence-electron chi connectivity index (χ0n) is 10.4. The molecule has 3 nitrogen and oxygen atoms in total. The Hall–Kier alpha value is -1.90. The van der Waals surface area contributed by atoms with Crippen molar-refractivity contribution < 1.29 is 9.59 Å². The number of aryl methyl sites for hydroxylation is 1. The van der Waals surface area contributed by atoms with E-state index in [9.17, 15) is 9.59 Å². The fraction of sp³-hybridized carbons (Fsp3) is 0.333. The molecule has 0 atom stereocenters. The third-order valence-corrected chi connectivity index (χ3v) is 3.63. The summed E-state index contributed by atoms with van der Waals surface area (Å²) in [6.45, 7) is 1.83. The van der Waals surface area contributed by atoms with Gasteiger partial charge in [-0.3, -0.25) is 14.2 Å². The van der Waals surface area contributed by atoms with E-state index in [-0.39, 0.29) is 11.7 Å². The molecule has 0 saturated carbocycles. The van der Waals surface area contributed by atoms with E-state index < -0.39 is 0 Å². The molecule has 0 radical (unpaired) electrons. The summed E-state index contributed by atoms with van der Waals surface area (Å²) in [5.41, 5.74) is 2.57. The molecule has 2 aromatic rings. The van der Waals surface area contributed by atoms with E-state index in [0.29, 0.717) is 18.5 Å². The minimum Gasteiger partial charge on any atom is -0.293 e. The highest BCUT2D eigenvalue weighted by atomic mass is 16.2. The number of aromatic nitrogens is 1. The van der Waals surface area contributed by atoms with E-state index in [1.807, 2.05) is 31.2 Å². The predicted octanol–water partition coefficient (Wildman–Crippen LogP) is 3.21. The number of hydrogen-bond acceptors (Lipinski definition) is 2. The fourth-order valence-corrected chi connectivity index (χ4v) is 2.81. The Balaban J connectivity index is 2.41. The summed E-state index contributed by atoms with van der Waals surface area (Å²) in [7, 11) is 0. The molecule has 1 aliphatic rings. The van der Waals surface area contributed by atoms with Crippen LogP contribution in [0.15, 0.2) is 24.3 Å². The van der Waals surface area contributed by atoms with E-state index in [0.717, 1.165) is 29.3 Å². The van der Waals surface area contributed by atoms with Crippen molar-refractivity contribution in [2.24, 2.45) is 0 Å². The number of carbonyl (C=O) groups excluding carboxylic acids is 2. The van der Waals surface area contributed by atoms with Crippen LogP contribution in [0.3, 0.4) is 0 Å². The van der Waals surface area contributed by atoms with E-state index in [4.69, 9.17) is 0 Å². The molecule has 0 saturated heterocycles. The van der Waals surface area contributed by atoms with Crippen molar-refractivity contribution >= 4 is 22.6 Å². The van der Waals surface area contributed by atoms with Crippen LogP contribution in [0.5, 0.6) is 0 Å². The minimum absolute atomic E-state index is 0.00250. The summed E-state index contributed by atoms with van der Waals surface area (Å²) in [6, 6.07) is 7.81. The SMILES string of the molecule is CCC(=O)n1c2c(c3ccccc31)CCCC2=O. The first-order chi connectivity index (χ1) is 8.74. The first-order valence-corrected chi connectivity index (χ1v) is 6.42. The third-order valence-electron chi connectivity index (χ3n) is 3.63. The molecule has 0 unspecified atom stereocenters. The van der Waals surface area contributed by atoms with Crippen molar-refractivity contribution in [1.82, 2.24) is 4.57 Å². The van der Waals surface area contributed by atoms with Gasteiger partial charge in [0.25, 0.3) is 0 Å². The molecule has 1 aromatic carbocycles. The smallest absolute Gasteiger partial charge is 0.231 e. The minimum atomic E-state index is 0.00250. The Morgan fingerprint density at radius 2 is 2.06 bits per heavy atom. The average Bonchev–Trinajstić information content (AvgIpc) is 2.74. The predicted molar refractivity (Wildman–Crippen MR) is 70.1 cm³/mol. The van der Waals surface area contributed by atoms with Gasteiger partial charge in [0.1, 0.15) is 0 Å². The number of fused-ring (bicyclic) bond motifs is 3. The molecule has 1 aromatic heterocycles. The highest BCUT2D eigenvalue weighted by molar-refractivity contribution is 6.08. The molecule has 3 rings (SSSR count). The van der Waals surface area contributed by atoms with E-state index in [1.165, 1.54) is 0 Å². The fourth-order valence-electron chi connectivity index (χ4n) is 2.81. The molecule has 3 heteroatoms. The molecule has 0 bridgehead atoms. The summed E-state index contributed by atoms with van der Waals surface area (Å²) >= 11 is 0. The highest BCUT2D eigenvalue weighted by Crippen LogP contribution is 2.32. The van der Waals surface area contributed by atoms with Crippen LogP contribution in [0.1, 0.15) is 47.0 Å². The molecule has 92 valence electrons. The van der Waals surface area contributed by atoms with Crippen LogP contribution in [0.25, 0.3) is 10.9 Å². The Morgan fingerprint density at radius 1 is 1.28 bits per heavy atom. The summed E-state index contributed by atoms with van der Waals surface area (Å²) in [5.74, 6) is 0.108. The van der Waals surface area contributed by atoms with Crippen LogP contribution in [0.4, 0.5) is 0 Å². The van der Waals surface area contributed by atoms with Crippen molar-refractivity contribution in [2.45, 2.75) is 32.6 Å². The van der Waals surface area contributed by atoms with Crippen molar-refractivity contribution in [3.05, 3.63) is 35.5 Å². The van der Waals surface area contributed by atoms with Crippen molar-refractivity contribution in [1.29, 1.82) is 0 Å². The molecule has 0 aliphatic heterocycles. The van der Waals surface area contributed by atoms with E-state index in [1.54, 1.807) is 4.57 Å². The van der Waals surface area contributed by atoms with Gasteiger partial charge in [-0.25, -0.2) is 0 Å². The lowest BCUT2D eigenvalue weighted by atomic mass is 9.94. The summed E-state index contributed by atoms with van der Waals surface area (Å²) in [6.07, 6.45) is 2.75. The number of Topliss-reactive ketones (excluding diaryl/α,β-unsaturated/α-hetero) is 1. The Labute approximate surface area is 105 Å². The molecular formula is C15H15NO2. The number of para-hydroxylation sites is 1. The van der Waals surface area contributed by atoms with Crippen LogP contribution in [0.2, 0.25) is 0 Å². The van der Waals surface area contributed by atoms with E-state index in [2.05, 4.69) is 0 Å². The van der Waals surface area contributed by atoms with Gasteiger partial charge in [-0.1, -0.05) is 25.1 Å². The van der Waals surface area contributed by atoms with Gasteiger partial charge in [-0.05, 0) is 24.5 Å². The van der Waals surface area contributed by atoms with Crippen LogP contribution in [-0.2, 0) is 6.42 Å². The van der Waals surface area contributed by atoms with Crippen molar-refractivity contribution in [3.63, 3.8) is 0 Å². The summed E-state index contributed by atoms with van der Waals surface area (Å²) in [5, 5.41) is 1.06. The van der Waals surface area contributed by atoms with Crippen molar-refractivity contribution in [2.75, 3.05) is 0 Å². The van der Waals surface area contributed by atoms with Gasteiger partial charge in [0.15, 0.2) is 5.78 Å². The Bertz CT molecular complexity index is 652. The normalized spacial score (nSPS) is 14.8. The zero-order chi connectivity index (χ0) is 12.7. The van der Waals surface area contributed by atoms with Crippen LogP contribution in [-0.4, -0.2) is 16.3 Å². The van der Waals surface area contributed by atoms with Gasteiger partial charge in [0, 0.05) is 18.2 Å². The van der Waals surface area contributed by atoms with Crippen molar-refractivity contribution in [3.8, 4) is 0 Å². The quantitative estimate of drug-likeness (QED) is 0.769. The average molecular weight is 241 g/mol. The third kappa shape index (κ3) is 1.43. The number of carbonyl (C=O) groups is 2. The first kappa shape index (κ1) is 11.2. The van der Waals surface area contributed by atoms with Crippen LogP contribution in [0, 0.1) is 0 Å². The monoisotopic (exact) mass is 241 g/mol. The molecular weight excluding hydrogens is 226 g/mol. The van der Waals surface area contributed by atoms with Gasteiger partial charge < -0.3 is 0 Å². The topological polar surface area (TPSA) is 39.1 Å². The highest BCUT2D eigenvalue weighted by Gasteiger charge is 2.27. The second-order valence-electron chi connectivity index (χ2n) is 4.70. The summed E-state index contributed by atoms with van der Waals surface area (Å²) in [4.78, 5) is 24.2. The molecule has 1 aliphatic carbocycles. The number of benzene rings is 1. The lowest BCUT2D eigenvalue weighted by molar-refractivity contribution is 0.0880. The maximum atomic E-state index is 12.1. The number of ketones is 1. The van der Waals surface area contributed by atoms with Gasteiger partial charge >= 0.3 is 0 Å². The maximum absolute atomic E-state index is 12.1. The van der Waals surface area contributed by atoms with Gasteiger partial charge in [-0.2, -0.15) is 0 Å². The van der Waals surface area contributed by atoms with Gasteiger partial charge in [-0.15, -0.1) is 0 Å². The molecule has 0 N–H and O–H groups in total. The van der Waals surface area contributed by atoms with Gasteiger partial charge in [0.05, 0.1) is 11.2 Å². The zero-order valence-corrected chi connectivity index (χ0v) is 10.4. The lowest BCUT2D eigenvalue weighted by Gasteiger charge is -2.13. The molecule has 0 spiro atoms. The maximum Gasteiger partial charge on any atom is 0.231 e. The van der Waals surface area contributed by atoms with Crippen LogP contribution >= 0.6 is 0 Å². The summed E-state index contributed by atoms with van der Waals surface area (Å²) < 4.78 is 1.63. The number of nitrogens with zero attached hydrogens (tertiary/aromatic N) is 1.